The van der Waals surface area contributed by atoms with Crippen molar-refractivity contribution in [1.29, 1.82) is 0 Å². The molecule has 140 valence electrons. The molecule has 1 aliphatic heterocycles. The van der Waals surface area contributed by atoms with E-state index in [0.717, 1.165) is 17.9 Å². The van der Waals surface area contributed by atoms with Crippen molar-refractivity contribution in [2.75, 3.05) is 31.6 Å². The van der Waals surface area contributed by atoms with Crippen LogP contribution < -0.4 is 4.90 Å². The topological polar surface area (TPSA) is 95.6 Å². The quantitative estimate of drug-likeness (QED) is 0.832. The second-order valence-electron chi connectivity index (χ2n) is 7.40. The van der Waals surface area contributed by atoms with Crippen LogP contribution in [0.4, 0.5) is 5.82 Å². The minimum absolute atomic E-state index is 0.204. The van der Waals surface area contributed by atoms with Crippen LogP contribution in [0.5, 0.6) is 0 Å². The molecule has 1 amide bonds. The number of aliphatic hydroxyl groups is 1. The van der Waals surface area contributed by atoms with E-state index in [9.17, 15) is 9.90 Å². The Kier molecular flexibility index (Phi) is 5.22. The third kappa shape index (κ3) is 4.19. The third-order valence-corrected chi connectivity index (χ3v) is 4.47. The predicted octanol–water partition coefficient (Wildman–Crippen LogP) is 1.38. The van der Waals surface area contributed by atoms with Crippen LogP contribution in [0.3, 0.4) is 0 Å². The smallest absolute Gasteiger partial charge is 0.292 e. The number of aromatic nitrogens is 3. The Morgan fingerprint density at radius 2 is 2.27 bits per heavy atom. The Morgan fingerprint density at radius 3 is 2.96 bits per heavy atom. The molecule has 8 heteroatoms. The first kappa shape index (κ1) is 18.3. The van der Waals surface area contributed by atoms with Crippen LogP contribution in [0.15, 0.2) is 29.2 Å². The first-order valence-corrected chi connectivity index (χ1v) is 8.81. The molecule has 26 heavy (non-hydrogen) atoms. The average molecular weight is 359 g/mol. The maximum absolute atomic E-state index is 12.6. The summed E-state index contributed by atoms with van der Waals surface area (Å²) in [7, 11) is 1.66. The monoisotopic (exact) mass is 359 g/mol. The molecule has 3 rings (SSSR count). The van der Waals surface area contributed by atoms with Crippen LogP contribution in [-0.4, -0.2) is 63.3 Å². The van der Waals surface area contributed by atoms with Crippen molar-refractivity contribution in [3.8, 4) is 0 Å². The Bertz CT molecular complexity index is 748. The molecule has 1 saturated heterocycles. The number of carbonyl (C=O) groups is 1. The molecule has 0 saturated carbocycles. The van der Waals surface area contributed by atoms with E-state index in [0.29, 0.717) is 25.4 Å². The molecule has 0 unspecified atom stereocenters. The lowest BCUT2D eigenvalue weighted by Crippen LogP contribution is -2.45. The Balaban J connectivity index is 1.61. The fourth-order valence-corrected chi connectivity index (χ4v) is 3.26. The van der Waals surface area contributed by atoms with Gasteiger partial charge in [-0.25, -0.2) is 4.98 Å². The summed E-state index contributed by atoms with van der Waals surface area (Å²) in [5, 5.41) is 14.8. The molecule has 3 heterocycles. The Labute approximate surface area is 152 Å². The Morgan fingerprint density at radius 1 is 1.46 bits per heavy atom. The first-order valence-electron chi connectivity index (χ1n) is 8.81. The van der Waals surface area contributed by atoms with Gasteiger partial charge in [0.25, 0.3) is 5.91 Å². The number of nitrogens with zero attached hydrogens (tertiary/aromatic N) is 5. The van der Waals surface area contributed by atoms with Gasteiger partial charge < -0.3 is 19.4 Å². The summed E-state index contributed by atoms with van der Waals surface area (Å²) < 4.78 is 5.18. The fraction of sp³-hybridized carbons (Fsp3) is 0.556. The maximum atomic E-state index is 12.6. The zero-order valence-corrected chi connectivity index (χ0v) is 15.4. The molecule has 1 N–H and O–H groups in total. The van der Waals surface area contributed by atoms with Crippen molar-refractivity contribution in [3.05, 3.63) is 36.1 Å². The molecule has 8 nitrogen and oxygen atoms in total. The second kappa shape index (κ2) is 7.41. The van der Waals surface area contributed by atoms with E-state index < -0.39 is 5.60 Å². The van der Waals surface area contributed by atoms with Gasteiger partial charge in [0.15, 0.2) is 0 Å². The van der Waals surface area contributed by atoms with E-state index in [1.165, 1.54) is 4.90 Å². The number of hydrogen-bond acceptors (Lipinski definition) is 7. The van der Waals surface area contributed by atoms with E-state index in [4.69, 9.17) is 4.52 Å². The van der Waals surface area contributed by atoms with Crippen molar-refractivity contribution in [2.45, 2.75) is 32.3 Å². The van der Waals surface area contributed by atoms with Gasteiger partial charge in [-0.3, -0.25) is 9.78 Å². The molecule has 0 aliphatic carbocycles. The summed E-state index contributed by atoms with van der Waals surface area (Å²) in [4.78, 5) is 24.4. The van der Waals surface area contributed by atoms with Gasteiger partial charge in [-0.15, -0.1) is 0 Å². The fourth-order valence-electron chi connectivity index (χ4n) is 3.26. The summed E-state index contributed by atoms with van der Waals surface area (Å²) in [6.45, 7) is 5.45. The molecule has 0 bridgehead atoms. The molecule has 1 atom stereocenters. The van der Waals surface area contributed by atoms with Crippen LogP contribution in [0, 0.1) is 5.92 Å². The van der Waals surface area contributed by atoms with Gasteiger partial charge in [-0.2, -0.15) is 0 Å². The normalized spacial score (nSPS) is 20.0. The van der Waals surface area contributed by atoms with Crippen molar-refractivity contribution in [1.82, 2.24) is 20.0 Å². The first-order chi connectivity index (χ1) is 12.4. The summed E-state index contributed by atoms with van der Waals surface area (Å²) in [6.07, 6.45) is 6.23. The van der Waals surface area contributed by atoms with Gasteiger partial charge >= 0.3 is 0 Å². The number of hydrogen-bond donors (Lipinski definition) is 1. The number of likely N-dealkylation sites (N-methyl/N-ethyl adjacent to an activating group) is 1. The van der Waals surface area contributed by atoms with E-state index in [-0.39, 0.29) is 18.2 Å². The molecule has 0 spiro atoms. The highest BCUT2D eigenvalue weighted by atomic mass is 16.5. The van der Waals surface area contributed by atoms with Gasteiger partial charge in [0, 0.05) is 38.6 Å². The van der Waals surface area contributed by atoms with Crippen LogP contribution in [0.25, 0.3) is 0 Å². The molecular weight excluding hydrogens is 334 g/mol. The van der Waals surface area contributed by atoms with E-state index in [2.05, 4.69) is 29.0 Å². The zero-order chi connectivity index (χ0) is 18.7. The summed E-state index contributed by atoms with van der Waals surface area (Å²) >= 11 is 0. The number of β-amino-alcohol motifs (C(OH)–C–C–N with tert-alkyl or cyclic N) is 1. The zero-order valence-electron chi connectivity index (χ0n) is 15.4. The summed E-state index contributed by atoms with van der Waals surface area (Å²) in [6, 6.07) is 1.68. The lowest BCUT2D eigenvalue weighted by atomic mass is 10.0. The average Bonchev–Trinajstić information content (AvgIpc) is 3.21. The van der Waals surface area contributed by atoms with Crippen molar-refractivity contribution in [2.24, 2.45) is 5.92 Å². The SMILES string of the molecule is CC(C)Cc1cc(C(=O)N(C)C[C@]2(O)CCN(c3cnccn3)C2)on1. The minimum Gasteiger partial charge on any atom is -0.386 e. The van der Waals surface area contributed by atoms with Crippen molar-refractivity contribution < 1.29 is 14.4 Å². The van der Waals surface area contributed by atoms with Gasteiger partial charge in [0.1, 0.15) is 11.4 Å². The van der Waals surface area contributed by atoms with E-state index in [1.807, 2.05) is 4.90 Å². The largest absolute Gasteiger partial charge is 0.386 e. The predicted molar refractivity (Wildman–Crippen MR) is 95.8 cm³/mol. The molecule has 1 aliphatic rings. The van der Waals surface area contributed by atoms with Gasteiger partial charge in [0.2, 0.25) is 5.76 Å². The molecule has 2 aromatic heterocycles. The van der Waals surface area contributed by atoms with Gasteiger partial charge in [-0.05, 0) is 18.8 Å². The van der Waals surface area contributed by atoms with E-state index in [1.54, 1.807) is 31.7 Å². The molecular formula is C18H25N5O3. The molecule has 0 radical (unpaired) electrons. The van der Waals surface area contributed by atoms with Crippen molar-refractivity contribution >= 4 is 11.7 Å². The van der Waals surface area contributed by atoms with Crippen LogP contribution >= 0.6 is 0 Å². The molecule has 1 fully saturated rings. The van der Waals surface area contributed by atoms with Crippen LogP contribution in [0.2, 0.25) is 0 Å². The van der Waals surface area contributed by atoms with Gasteiger partial charge in [-0.1, -0.05) is 19.0 Å². The minimum atomic E-state index is -0.997. The number of amides is 1. The standard InChI is InChI=1S/C18H25N5O3/c1-13(2)8-14-9-15(26-21-14)17(24)22(3)11-18(25)4-7-23(12-18)16-10-19-5-6-20-16/h5-6,9-10,13,25H,4,7-8,11-12H2,1-3H3/t18-/m1/s1. The van der Waals surface area contributed by atoms with Crippen LogP contribution in [-0.2, 0) is 6.42 Å². The second-order valence-corrected chi connectivity index (χ2v) is 7.40. The third-order valence-electron chi connectivity index (χ3n) is 4.47. The number of rotatable bonds is 6. The number of anilines is 1. The summed E-state index contributed by atoms with van der Waals surface area (Å²) in [5.74, 6) is 1.09. The molecule has 2 aromatic rings. The molecule has 0 aromatic carbocycles. The summed E-state index contributed by atoms with van der Waals surface area (Å²) in [5.41, 5.74) is -0.229. The van der Waals surface area contributed by atoms with Crippen molar-refractivity contribution in [3.63, 3.8) is 0 Å². The maximum Gasteiger partial charge on any atom is 0.292 e. The number of carbonyl (C=O) groups excluding carboxylic acids is 1. The van der Waals surface area contributed by atoms with Gasteiger partial charge in [0.05, 0.1) is 18.4 Å². The lowest BCUT2D eigenvalue weighted by Gasteiger charge is -2.28. The highest BCUT2D eigenvalue weighted by Gasteiger charge is 2.39. The highest BCUT2D eigenvalue weighted by Crippen LogP contribution is 2.26. The Hall–Kier alpha value is -2.48. The lowest BCUT2D eigenvalue weighted by molar-refractivity contribution is 0.0248. The van der Waals surface area contributed by atoms with Crippen LogP contribution in [0.1, 0.15) is 36.5 Å². The highest BCUT2D eigenvalue weighted by molar-refractivity contribution is 5.91. The van der Waals surface area contributed by atoms with E-state index >= 15 is 0 Å².